The number of alkyl halides is 5. The topological polar surface area (TPSA) is 53.6 Å². The van der Waals surface area contributed by atoms with Crippen LogP contribution in [0.4, 0.5) is 27.6 Å². The van der Waals surface area contributed by atoms with Gasteiger partial charge in [-0.05, 0) is 38.0 Å². The maximum absolute atomic E-state index is 13.4. The second-order valence-electron chi connectivity index (χ2n) is 5.92. The van der Waals surface area contributed by atoms with Crippen LogP contribution in [0.5, 0.6) is 0 Å². The molecule has 0 unspecified atom stereocenters. The molecule has 1 heterocycles. The number of hydrogen-bond acceptors (Lipinski definition) is 4. The van der Waals surface area contributed by atoms with Crippen LogP contribution < -0.4 is 11.2 Å². The first kappa shape index (κ1) is 17.5. The highest BCUT2D eigenvalue weighted by Crippen LogP contribution is 2.39. The van der Waals surface area contributed by atoms with Crippen molar-refractivity contribution in [3.63, 3.8) is 0 Å². The molecule has 1 aromatic rings. The zero-order valence-corrected chi connectivity index (χ0v) is 12.8. The van der Waals surface area contributed by atoms with E-state index in [1.165, 1.54) is 18.9 Å². The largest absolute Gasteiger partial charge is 0.461 e. The molecule has 23 heavy (non-hydrogen) atoms. The van der Waals surface area contributed by atoms with Gasteiger partial charge < -0.3 is 5.73 Å². The van der Waals surface area contributed by atoms with Crippen molar-refractivity contribution in [3.8, 4) is 0 Å². The third kappa shape index (κ3) is 3.24. The SMILES string of the molecule is Cc1cc(CN2NC(C(F)(F)C(F)(F)F)=NC2(C)C)ccc1N. The summed E-state index contributed by atoms with van der Waals surface area (Å²) in [6.45, 7) is 4.77. The van der Waals surface area contributed by atoms with Gasteiger partial charge in [0.25, 0.3) is 0 Å². The van der Waals surface area contributed by atoms with E-state index in [1.807, 2.05) is 0 Å². The van der Waals surface area contributed by atoms with Gasteiger partial charge in [0.1, 0.15) is 5.66 Å². The molecule has 0 bridgehead atoms. The van der Waals surface area contributed by atoms with E-state index in [-0.39, 0.29) is 6.54 Å². The number of nitrogens with two attached hydrogens (primary N) is 1. The fraction of sp³-hybridized carbons (Fsp3) is 0.500. The van der Waals surface area contributed by atoms with Gasteiger partial charge in [-0.25, -0.2) is 4.99 Å². The first-order chi connectivity index (χ1) is 10.3. The number of hydrazine groups is 1. The Morgan fingerprint density at radius 1 is 1.22 bits per heavy atom. The lowest BCUT2D eigenvalue weighted by atomic mass is 10.1. The van der Waals surface area contributed by atoms with Crippen LogP contribution in [-0.4, -0.2) is 28.6 Å². The normalized spacial score (nSPS) is 18.7. The number of nitrogen functional groups attached to an aromatic ring is 1. The van der Waals surface area contributed by atoms with Crippen molar-refractivity contribution in [2.45, 2.75) is 45.1 Å². The average molecular weight is 336 g/mol. The summed E-state index contributed by atoms with van der Waals surface area (Å²) in [5, 5.41) is 1.23. The van der Waals surface area contributed by atoms with E-state index in [4.69, 9.17) is 5.73 Å². The molecule has 1 aromatic carbocycles. The molecule has 2 rings (SSSR count). The van der Waals surface area contributed by atoms with Crippen LogP contribution in [0, 0.1) is 6.92 Å². The number of anilines is 1. The molecule has 0 radical (unpaired) electrons. The monoisotopic (exact) mass is 336 g/mol. The molecule has 0 amide bonds. The number of hydrogen-bond donors (Lipinski definition) is 2. The van der Waals surface area contributed by atoms with Crippen molar-refractivity contribution in [2.24, 2.45) is 4.99 Å². The minimum atomic E-state index is -5.71. The van der Waals surface area contributed by atoms with Gasteiger partial charge in [-0.15, -0.1) is 0 Å². The van der Waals surface area contributed by atoms with Gasteiger partial charge >= 0.3 is 12.1 Å². The molecule has 0 fully saturated rings. The van der Waals surface area contributed by atoms with Gasteiger partial charge in [0.05, 0.1) is 0 Å². The zero-order chi connectivity index (χ0) is 17.6. The molecule has 3 N–H and O–H groups in total. The fourth-order valence-electron chi connectivity index (χ4n) is 2.15. The number of halogens is 5. The molecule has 128 valence electrons. The summed E-state index contributed by atoms with van der Waals surface area (Å²) < 4.78 is 64.3. The molecule has 4 nitrogen and oxygen atoms in total. The van der Waals surface area contributed by atoms with E-state index in [2.05, 4.69) is 10.4 Å². The minimum absolute atomic E-state index is 0.0923. The van der Waals surface area contributed by atoms with E-state index >= 15 is 0 Å². The van der Waals surface area contributed by atoms with Crippen molar-refractivity contribution >= 4 is 11.5 Å². The predicted octanol–water partition coefficient (Wildman–Crippen LogP) is 3.23. The van der Waals surface area contributed by atoms with E-state index in [0.717, 1.165) is 5.56 Å². The van der Waals surface area contributed by atoms with E-state index in [9.17, 15) is 22.0 Å². The van der Waals surface area contributed by atoms with Gasteiger partial charge in [-0.3, -0.25) is 5.43 Å². The smallest absolute Gasteiger partial charge is 0.399 e. The number of aryl methyl sites for hydroxylation is 1. The molecular weight excluding hydrogens is 319 g/mol. The van der Waals surface area contributed by atoms with Gasteiger partial charge in [0.15, 0.2) is 5.84 Å². The Kier molecular flexibility index (Phi) is 4.04. The van der Waals surface area contributed by atoms with Crippen LogP contribution in [0.1, 0.15) is 25.0 Å². The Balaban J connectivity index is 2.22. The van der Waals surface area contributed by atoms with Gasteiger partial charge in [-0.1, -0.05) is 12.1 Å². The number of nitrogens with one attached hydrogen (secondary N) is 1. The van der Waals surface area contributed by atoms with Crippen molar-refractivity contribution in [2.75, 3.05) is 5.73 Å². The molecule has 0 aliphatic carbocycles. The number of nitrogens with zero attached hydrogens (tertiary/aromatic N) is 2. The molecule has 0 atom stereocenters. The number of benzene rings is 1. The number of aliphatic imine (C=N–C) groups is 1. The predicted molar refractivity (Wildman–Crippen MR) is 76.8 cm³/mol. The third-order valence-corrected chi connectivity index (χ3v) is 3.62. The van der Waals surface area contributed by atoms with Gasteiger partial charge in [0, 0.05) is 12.2 Å². The average Bonchev–Trinajstić information content (AvgIpc) is 2.69. The molecule has 0 spiro atoms. The lowest BCUT2D eigenvalue weighted by Gasteiger charge is -2.29. The van der Waals surface area contributed by atoms with Crippen molar-refractivity contribution in [1.82, 2.24) is 10.4 Å². The quantitative estimate of drug-likeness (QED) is 0.658. The summed E-state index contributed by atoms with van der Waals surface area (Å²) in [7, 11) is 0. The zero-order valence-electron chi connectivity index (χ0n) is 12.8. The molecule has 1 aliphatic rings. The van der Waals surface area contributed by atoms with Crippen LogP contribution >= 0.6 is 0 Å². The highest BCUT2D eigenvalue weighted by atomic mass is 19.4. The molecule has 1 aliphatic heterocycles. The van der Waals surface area contributed by atoms with Crippen molar-refractivity contribution in [3.05, 3.63) is 29.3 Å². The van der Waals surface area contributed by atoms with Crippen LogP contribution in [0.3, 0.4) is 0 Å². The van der Waals surface area contributed by atoms with Crippen LogP contribution in [0.2, 0.25) is 0 Å². The van der Waals surface area contributed by atoms with Gasteiger partial charge in [0.2, 0.25) is 0 Å². The maximum Gasteiger partial charge on any atom is 0.461 e. The number of rotatable bonds is 3. The van der Waals surface area contributed by atoms with Crippen LogP contribution in [0.25, 0.3) is 0 Å². The summed E-state index contributed by atoms with van der Waals surface area (Å²) in [6, 6.07) is 5.08. The fourth-order valence-corrected chi connectivity index (χ4v) is 2.15. The van der Waals surface area contributed by atoms with E-state index in [1.54, 1.807) is 25.1 Å². The lowest BCUT2D eigenvalue weighted by Crippen LogP contribution is -2.53. The highest BCUT2D eigenvalue weighted by Gasteiger charge is 2.63. The molecule has 0 saturated heterocycles. The van der Waals surface area contributed by atoms with Crippen LogP contribution in [0.15, 0.2) is 23.2 Å². The second-order valence-corrected chi connectivity index (χ2v) is 5.92. The Bertz CT molecular complexity index is 637. The summed E-state index contributed by atoms with van der Waals surface area (Å²) >= 11 is 0. The Morgan fingerprint density at radius 3 is 2.35 bits per heavy atom. The van der Waals surface area contributed by atoms with Crippen molar-refractivity contribution < 1.29 is 22.0 Å². The Morgan fingerprint density at radius 2 is 1.83 bits per heavy atom. The second kappa shape index (κ2) is 5.33. The van der Waals surface area contributed by atoms with Crippen molar-refractivity contribution in [1.29, 1.82) is 0 Å². The van der Waals surface area contributed by atoms with Crippen LogP contribution in [-0.2, 0) is 6.54 Å². The summed E-state index contributed by atoms with van der Waals surface area (Å²) in [4.78, 5) is 3.51. The lowest BCUT2D eigenvalue weighted by molar-refractivity contribution is -0.250. The maximum atomic E-state index is 13.4. The summed E-state index contributed by atoms with van der Waals surface area (Å²) in [6.07, 6.45) is -5.71. The molecule has 0 saturated carbocycles. The highest BCUT2D eigenvalue weighted by molar-refractivity contribution is 5.91. The molecule has 9 heteroatoms. The molecular formula is C14H17F5N4. The molecule has 0 aromatic heterocycles. The third-order valence-electron chi connectivity index (χ3n) is 3.62. The summed E-state index contributed by atoms with van der Waals surface area (Å²) in [5.41, 5.74) is 8.62. The first-order valence-corrected chi connectivity index (χ1v) is 6.79. The van der Waals surface area contributed by atoms with E-state index < -0.39 is 23.6 Å². The summed E-state index contributed by atoms with van der Waals surface area (Å²) in [5.74, 6) is -6.43. The first-order valence-electron chi connectivity index (χ1n) is 6.79. The standard InChI is InChI=1S/C14H17F5N4/c1-8-6-9(4-5-10(8)20)7-23-12(2,3)21-11(22-23)13(15,16)14(17,18)19/h4-6H,7,20H2,1-3H3,(H,21,22). The minimum Gasteiger partial charge on any atom is -0.399 e. The Hall–Kier alpha value is -1.90. The number of amidine groups is 1. The van der Waals surface area contributed by atoms with E-state index in [0.29, 0.717) is 11.3 Å². The van der Waals surface area contributed by atoms with Gasteiger partial charge in [-0.2, -0.15) is 27.0 Å². The Labute approximate surface area is 130 Å².